The molecule has 3 atom stereocenters. The van der Waals surface area contributed by atoms with Gasteiger partial charge in [0.1, 0.15) is 5.76 Å². The monoisotopic (exact) mass is 456 g/mol. The standard InChI is InChI=1S/C24H40O6S/c1-4-6-14-24(3,29)15-10-12-18-19(25)17-20(30-22(28)11-5-2)23(18)31-16-9-7-8-13-21(26)27/h10,12,18-19,25,29H,4-9,11,13-17H2,1-3H3,(H,26,27)/t18-,19+,24-/m0/s1. The normalized spacial score (nSPS) is 20.9. The number of aliphatic carboxylic acids is 1. The van der Waals surface area contributed by atoms with Gasteiger partial charge in [-0.25, -0.2) is 0 Å². The van der Waals surface area contributed by atoms with Crippen LogP contribution >= 0.6 is 11.8 Å². The number of aliphatic hydroxyl groups is 2. The molecule has 1 aliphatic rings. The molecule has 0 radical (unpaired) electrons. The zero-order chi connectivity index (χ0) is 23.3. The minimum atomic E-state index is -0.778. The van der Waals surface area contributed by atoms with Gasteiger partial charge < -0.3 is 20.1 Å². The number of ether oxygens (including phenoxy) is 1. The number of thioether (sulfide) groups is 1. The van der Waals surface area contributed by atoms with Crippen molar-refractivity contribution in [3.63, 3.8) is 0 Å². The van der Waals surface area contributed by atoms with Crippen molar-refractivity contribution in [2.75, 3.05) is 5.75 Å². The molecule has 3 N–H and O–H groups in total. The van der Waals surface area contributed by atoms with E-state index < -0.39 is 17.7 Å². The van der Waals surface area contributed by atoms with Gasteiger partial charge in [-0.05, 0) is 44.8 Å². The van der Waals surface area contributed by atoms with Crippen molar-refractivity contribution < 1.29 is 29.6 Å². The van der Waals surface area contributed by atoms with Gasteiger partial charge in [0.2, 0.25) is 0 Å². The van der Waals surface area contributed by atoms with Crippen LogP contribution in [-0.4, -0.2) is 44.7 Å². The molecule has 0 bridgehead atoms. The highest BCUT2D eigenvalue weighted by Gasteiger charge is 2.34. The lowest BCUT2D eigenvalue weighted by atomic mass is 9.94. The van der Waals surface area contributed by atoms with E-state index in [0.29, 0.717) is 37.9 Å². The second-order valence-corrected chi connectivity index (χ2v) is 9.73. The molecule has 1 rings (SSSR count). The maximum atomic E-state index is 12.0. The van der Waals surface area contributed by atoms with E-state index in [1.807, 2.05) is 26.0 Å². The number of carboxylic acids is 1. The molecule has 31 heavy (non-hydrogen) atoms. The number of aliphatic hydroxyl groups excluding tert-OH is 1. The second kappa shape index (κ2) is 14.7. The van der Waals surface area contributed by atoms with Crippen molar-refractivity contribution in [2.45, 2.75) is 103 Å². The number of carbonyl (C=O) groups is 2. The molecule has 0 fully saturated rings. The van der Waals surface area contributed by atoms with Gasteiger partial charge in [-0.3, -0.25) is 9.59 Å². The van der Waals surface area contributed by atoms with E-state index in [0.717, 1.165) is 42.8 Å². The molecule has 0 spiro atoms. The van der Waals surface area contributed by atoms with Crippen LogP contribution in [-0.2, 0) is 14.3 Å². The summed E-state index contributed by atoms with van der Waals surface area (Å²) in [5.41, 5.74) is -0.770. The lowest BCUT2D eigenvalue weighted by Gasteiger charge is -2.21. The third kappa shape index (κ3) is 11.2. The van der Waals surface area contributed by atoms with Crippen LogP contribution in [0, 0.1) is 5.92 Å². The summed E-state index contributed by atoms with van der Waals surface area (Å²) in [6, 6.07) is 0. The first-order chi connectivity index (χ1) is 14.7. The number of hydrogen-bond acceptors (Lipinski definition) is 6. The Labute approximate surface area is 191 Å². The Hall–Kier alpha value is -1.31. The van der Waals surface area contributed by atoms with E-state index in [9.17, 15) is 19.8 Å². The summed E-state index contributed by atoms with van der Waals surface area (Å²) in [5.74, 6) is 0.00908. The van der Waals surface area contributed by atoms with E-state index in [1.54, 1.807) is 11.8 Å². The molecule has 0 saturated heterocycles. The zero-order valence-electron chi connectivity index (χ0n) is 19.3. The minimum Gasteiger partial charge on any atom is -0.481 e. The third-order valence-electron chi connectivity index (χ3n) is 5.34. The van der Waals surface area contributed by atoms with Crippen molar-refractivity contribution in [1.82, 2.24) is 0 Å². The molecular weight excluding hydrogens is 416 g/mol. The maximum Gasteiger partial charge on any atom is 0.310 e. The molecule has 0 aromatic carbocycles. The molecule has 0 aromatic rings. The van der Waals surface area contributed by atoms with Gasteiger partial charge in [0, 0.05) is 30.1 Å². The van der Waals surface area contributed by atoms with Crippen LogP contribution in [0.15, 0.2) is 22.8 Å². The van der Waals surface area contributed by atoms with Gasteiger partial charge in [-0.2, -0.15) is 0 Å². The number of esters is 1. The Morgan fingerprint density at radius 1 is 1.16 bits per heavy atom. The van der Waals surface area contributed by atoms with Gasteiger partial charge >= 0.3 is 11.9 Å². The van der Waals surface area contributed by atoms with Crippen LogP contribution in [0.25, 0.3) is 0 Å². The predicted octanol–water partition coefficient (Wildman–Crippen LogP) is 5.19. The van der Waals surface area contributed by atoms with Crippen molar-refractivity contribution in [3.8, 4) is 0 Å². The zero-order valence-corrected chi connectivity index (χ0v) is 20.1. The SMILES string of the molecule is CCCC[C@](C)(O)CC=C[C@@H]1C(SCCCCCC(=O)O)=C(OC(=O)CCC)C[C@H]1O. The van der Waals surface area contributed by atoms with Crippen molar-refractivity contribution in [2.24, 2.45) is 5.92 Å². The molecule has 178 valence electrons. The molecule has 0 saturated carbocycles. The van der Waals surface area contributed by atoms with Gasteiger partial charge in [0.15, 0.2) is 0 Å². The van der Waals surface area contributed by atoms with Gasteiger partial charge in [-0.1, -0.05) is 45.3 Å². The summed E-state index contributed by atoms with van der Waals surface area (Å²) in [6.45, 7) is 5.85. The summed E-state index contributed by atoms with van der Waals surface area (Å²) in [5, 5.41) is 29.9. The summed E-state index contributed by atoms with van der Waals surface area (Å²) in [7, 11) is 0. The number of hydrogen-bond donors (Lipinski definition) is 3. The Bertz CT molecular complexity index is 626. The van der Waals surface area contributed by atoms with E-state index in [1.165, 1.54) is 0 Å². The van der Waals surface area contributed by atoms with Crippen LogP contribution in [0.2, 0.25) is 0 Å². The Balaban J connectivity index is 2.79. The number of carboxylic acid groups (broad SMARTS) is 1. The molecule has 0 aromatic heterocycles. The summed E-state index contributed by atoms with van der Waals surface area (Å²) in [4.78, 5) is 23.5. The van der Waals surface area contributed by atoms with Crippen LogP contribution in [0.3, 0.4) is 0 Å². The Morgan fingerprint density at radius 2 is 1.90 bits per heavy atom. The minimum absolute atomic E-state index is 0.176. The largest absolute Gasteiger partial charge is 0.481 e. The fourth-order valence-corrected chi connectivity index (χ4v) is 4.80. The fraction of sp³-hybridized carbons (Fsp3) is 0.750. The van der Waals surface area contributed by atoms with Gasteiger partial charge in [0.05, 0.1) is 11.7 Å². The predicted molar refractivity (Wildman–Crippen MR) is 125 cm³/mol. The summed E-state index contributed by atoms with van der Waals surface area (Å²) < 4.78 is 5.57. The smallest absolute Gasteiger partial charge is 0.310 e. The van der Waals surface area contributed by atoms with Crippen LogP contribution < -0.4 is 0 Å². The molecule has 0 unspecified atom stereocenters. The van der Waals surface area contributed by atoms with Gasteiger partial charge in [-0.15, -0.1) is 11.8 Å². The molecule has 0 heterocycles. The van der Waals surface area contributed by atoms with Crippen LogP contribution in [0.4, 0.5) is 0 Å². The Morgan fingerprint density at radius 3 is 2.55 bits per heavy atom. The Kier molecular flexibility index (Phi) is 13.1. The highest BCUT2D eigenvalue weighted by molar-refractivity contribution is 8.03. The van der Waals surface area contributed by atoms with E-state index >= 15 is 0 Å². The topological polar surface area (TPSA) is 104 Å². The quantitative estimate of drug-likeness (QED) is 0.167. The molecule has 7 heteroatoms. The molecule has 6 nitrogen and oxygen atoms in total. The summed E-state index contributed by atoms with van der Waals surface area (Å²) in [6.07, 6.45) is 10.3. The maximum absolute atomic E-state index is 12.0. The average molecular weight is 457 g/mol. The first-order valence-electron chi connectivity index (χ1n) is 11.6. The van der Waals surface area contributed by atoms with E-state index in [2.05, 4.69) is 6.92 Å². The summed E-state index contributed by atoms with van der Waals surface area (Å²) >= 11 is 1.58. The van der Waals surface area contributed by atoms with E-state index in [4.69, 9.17) is 9.84 Å². The first kappa shape index (κ1) is 27.7. The van der Waals surface area contributed by atoms with Crippen molar-refractivity contribution >= 4 is 23.7 Å². The molecule has 0 amide bonds. The molecule has 1 aliphatic carbocycles. The van der Waals surface area contributed by atoms with E-state index in [-0.39, 0.29) is 18.3 Å². The fourth-order valence-electron chi connectivity index (χ4n) is 3.52. The highest BCUT2D eigenvalue weighted by atomic mass is 32.2. The lowest BCUT2D eigenvalue weighted by Crippen LogP contribution is -2.23. The van der Waals surface area contributed by atoms with Crippen molar-refractivity contribution in [3.05, 3.63) is 22.8 Å². The second-order valence-electron chi connectivity index (χ2n) is 8.59. The van der Waals surface area contributed by atoms with Gasteiger partial charge in [0.25, 0.3) is 0 Å². The number of carbonyl (C=O) groups excluding carboxylic acids is 1. The highest BCUT2D eigenvalue weighted by Crippen LogP contribution is 2.41. The van der Waals surface area contributed by atoms with Crippen LogP contribution in [0.1, 0.15) is 91.4 Å². The number of unbranched alkanes of at least 4 members (excludes halogenated alkanes) is 3. The average Bonchev–Trinajstić information content (AvgIpc) is 2.97. The van der Waals surface area contributed by atoms with Crippen molar-refractivity contribution in [1.29, 1.82) is 0 Å². The first-order valence-corrected chi connectivity index (χ1v) is 12.5. The van der Waals surface area contributed by atoms with Crippen LogP contribution in [0.5, 0.6) is 0 Å². The lowest BCUT2D eigenvalue weighted by molar-refractivity contribution is -0.140. The molecule has 0 aliphatic heterocycles. The molecular formula is C24H40O6S. The third-order valence-corrected chi connectivity index (χ3v) is 6.64. The number of rotatable bonds is 16.